The largest absolute Gasteiger partial charge is 0.534 e. The van der Waals surface area contributed by atoms with Crippen LogP contribution in [0.4, 0.5) is 13.2 Å². The summed E-state index contributed by atoms with van der Waals surface area (Å²) in [6.45, 7) is 6.08. The number of halogens is 3. The van der Waals surface area contributed by atoms with Gasteiger partial charge in [0.2, 0.25) is 0 Å². The molecule has 1 aromatic rings. The highest BCUT2D eigenvalue weighted by atomic mass is 32.2. The molecule has 2 aliphatic carbocycles. The van der Waals surface area contributed by atoms with E-state index >= 15 is 0 Å². The third-order valence-corrected chi connectivity index (χ3v) is 8.23. The number of hydrogen-bond acceptors (Lipinski definition) is 6. The number of hydrogen-bond donors (Lipinski definition) is 0. The van der Waals surface area contributed by atoms with Gasteiger partial charge in [0.15, 0.2) is 5.79 Å². The summed E-state index contributed by atoms with van der Waals surface area (Å²) < 4.78 is 78.0. The van der Waals surface area contributed by atoms with Crippen LogP contribution in [0.5, 0.6) is 5.75 Å². The van der Waals surface area contributed by atoms with Gasteiger partial charge in [-0.3, -0.25) is 0 Å². The van der Waals surface area contributed by atoms with Crippen molar-refractivity contribution in [1.82, 2.24) is 4.90 Å². The zero-order chi connectivity index (χ0) is 22.7. The van der Waals surface area contributed by atoms with Crippen molar-refractivity contribution in [3.63, 3.8) is 0 Å². The van der Waals surface area contributed by atoms with Crippen molar-refractivity contribution >= 4 is 10.1 Å². The van der Waals surface area contributed by atoms with Crippen molar-refractivity contribution in [3.05, 3.63) is 29.3 Å². The molecule has 0 N–H and O–H groups in total. The van der Waals surface area contributed by atoms with E-state index < -0.39 is 26.8 Å². The SMILES string of the molecule is CCN(C)[C@@H]1Cc2ccc(OS(=O)(=O)C(F)(F)F)cc2[C@@]2(C)CC3(CC[C@@H]12)OCCO3. The van der Waals surface area contributed by atoms with E-state index in [2.05, 4.69) is 30.0 Å². The molecule has 1 aromatic carbocycles. The molecule has 1 aliphatic heterocycles. The zero-order valence-electron chi connectivity index (χ0n) is 17.9. The summed E-state index contributed by atoms with van der Waals surface area (Å²) in [5.74, 6) is -0.812. The first-order chi connectivity index (χ1) is 14.4. The Morgan fingerprint density at radius 1 is 1.26 bits per heavy atom. The third kappa shape index (κ3) is 3.85. The van der Waals surface area contributed by atoms with Crippen molar-refractivity contribution < 1.29 is 35.2 Å². The molecular weight excluding hydrogens is 435 g/mol. The number of rotatable bonds is 4. The van der Waals surface area contributed by atoms with Crippen LogP contribution in [-0.4, -0.2) is 57.5 Å². The van der Waals surface area contributed by atoms with Crippen molar-refractivity contribution in [1.29, 1.82) is 0 Å². The van der Waals surface area contributed by atoms with Crippen LogP contribution in [0.1, 0.15) is 44.2 Å². The monoisotopic (exact) mass is 463 g/mol. The molecule has 6 nitrogen and oxygen atoms in total. The molecule has 3 aliphatic rings. The second-order valence-electron chi connectivity index (χ2n) is 8.99. The van der Waals surface area contributed by atoms with Gasteiger partial charge >= 0.3 is 15.6 Å². The molecule has 0 bridgehead atoms. The molecule has 174 valence electrons. The maximum Gasteiger partial charge on any atom is 0.534 e. The summed E-state index contributed by atoms with van der Waals surface area (Å²) in [5.41, 5.74) is -4.15. The first-order valence-electron chi connectivity index (χ1n) is 10.5. The molecule has 3 atom stereocenters. The van der Waals surface area contributed by atoms with Gasteiger partial charge in [0.25, 0.3) is 0 Å². The van der Waals surface area contributed by atoms with Crippen LogP contribution in [0.2, 0.25) is 0 Å². The summed E-state index contributed by atoms with van der Waals surface area (Å²) >= 11 is 0. The predicted molar refractivity (Wildman–Crippen MR) is 107 cm³/mol. The standard InChI is InChI=1S/C21H28F3NO5S/c1-4-25(3)18-11-14-5-6-15(30-31(26,27)21(22,23)24)12-17(14)19(2)13-20(8-7-16(18)19)28-9-10-29-20/h5-6,12,16,18H,4,7-11,13H2,1-3H3/t16-,18+,19-/m0/s1. The van der Waals surface area contributed by atoms with Gasteiger partial charge in [0.1, 0.15) is 5.75 Å². The average molecular weight is 464 g/mol. The first-order valence-corrected chi connectivity index (χ1v) is 11.9. The van der Waals surface area contributed by atoms with Crippen LogP contribution in [0, 0.1) is 5.92 Å². The Balaban J connectivity index is 1.77. The van der Waals surface area contributed by atoms with Crippen molar-refractivity contribution in [2.75, 3.05) is 26.8 Å². The van der Waals surface area contributed by atoms with Crippen molar-refractivity contribution in [2.24, 2.45) is 5.92 Å². The summed E-state index contributed by atoms with van der Waals surface area (Å²) in [6.07, 6.45) is 2.90. The van der Waals surface area contributed by atoms with Gasteiger partial charge in [-0.15, -0.1) is 0 Å². The zero-order valence-corrected chi connectivity index (χ0v) is 18.7. The molecule has 0 amide bonds. The van der Waals surface area contributed by atoms with Crippen LogP contribution in [0.25, 0.3) is 0 Å². The van der Waals surface area contributed by atoms with E-state index in [1.165, 1.54) is 12.1 Å². The fourth-order valence-electron chi connectivity index (χ4n) is 5.68. The van der Waals surface area contributed by atoms with E-state index in [9.17, 15) is 21.6 Å². The quantitative estimate of drug-likeness (QED) is 0.502. The first kappa shape index (κ1) is 22.8. The number of benzene rings is 1. The maximum absolute atomic E-state index is 12.8. The highest BCUT2D eigenvalue weighted by molar-refractivity contribution is 7.88. The Morgan fingerprint density at radius 2 is 1.94 bits per heavy atom. The molecule has 1 heterocycles. The Kier molecular flexibility index (Phi) is 5.60. The topological polar surface area (TPSA) is 65.1 Å². The molecule has 1 saturated carbocycles. The van der Waals surface area contributed by atoms with Crippen LogP contribution in [0.3, 0.4) is 0 Å². The second-order valence-corrected chi connectivity index (χ2v) is 10.5. The fourth-order valence-corrected chi connectivity index (χ4v) is 6.14. The Bertz CT molecular complexity index is 945. The molecule has 31 heavy (non-hydrogen) atoms. The van der Waals surface area contributed by atoms with Crippen LogP contribution in [-0.2, 0) is 31.4 Å². The van der Waals surface area contributed by atoms with E-state index in [0.717, 1.165) is 36.9 Å². The van der Waals surface area contributed by atoms with Gasteiger partial charge in [-0.25, -0.2) is 0 Å². The number of alkyl halides is 3. The fraction of sp³-hybridized carbons (Fsp3) is 0.714. The molecule has 0 aromatic heterocycles. The average Bonchev–Trinajstić information content (AvgIpc) is 3.13. The van der Waals surface area contributed by atoms with Crippen LogP contribution < -0.4 is 4.18 Å². The minimum atomic E-state index is -5.73. The van der Waals surface area contributed by atoms with Gasteiger partial charge in [-0.05, 0) is 55.6 Å². The second kappa shape index (κ2) is 7.60. The molecule has 1 saturated heterocycles. The van der Waals surface area contributed by atoms with Gasteiger partial charge in [-0.1, -0.05) is 19.9 Å². The third-order valence-electron chi connectivity index (χ3n) is 7.25. The number of fused-ring (bicyclic) bond motifs is 3. The Morgan fingerprint density at radius 3 is 2.55 bits per heavy atom. The van der Waals surface area contributed by atoms with Crippen molar-refractivity contribution in [3.8, 4) is 5.75 Å². The van der Waals surface area contributed by atoms with E-state index in [0.29, 0.717) is 19.6 Å². The summed E-state index contributed by atoms with van der Waals surface area (Å²) in [6, 6.07) is 4.70. The van der Waals surface area contributed by atoms with E-state index in [1.807, 2.05) is 0 Å². The Hall–Kier alpha value is -1.36. The normalized spacial score (nSPS) is 30.3. The lowest BCUT2D eigenvalue weighted by Crippen LogP contribution is -2.58. The van der Waals surface area contributed by atoms with Gasteiger partial charge in [0.05, 0.1) is 13.2 Å². The van der Waals surface area contributed by atoms with Crippen molar-refractivity contribution in [2.45, 2.75) is 62.3 Å². The Labute approximate surface area is 180 Å². The molecule has 0 unspecified atom stereocenters. The number of ether oxygens (including phenoxy) is 2. The highest BCUT2D eigenvalue weighted by Gasteiger charge is 2.56. The highest BCUT2D eigenvalue weighted by Crippen LogP contribution is 2.56. The smallest absolute Gasteiger partial charge is 0.376 e. The molecule has 4 rings (SSSR count). The van der Waals surface area contributed by atoms with Gasteiger partial charge in [0, 0.05) is 24.3 Å². The summed E-state index contributed by atoms with van der Waals surface area (Å²) in [4.78, 5) is 2.30. The van der Waals surface area contributed by atoms with Crippen LogP contribution >= 0.6 is 0 Å². The molecule has 10 heteroatoms. The van der Waals surface area contributed by atoms with Crippen LogP contribution in [0.15, 0.2) is 18.2 Å². The van der Waals surface area contributed by atoms with Gasteiger partial charge in [-0.2, -0.15) is 21.6 Å². The molecule has 2 fully saturated rings. The molecule has 1 spiro atoms. The maximum atomic E-state index is 12.8. The van der Waals surface area contributed by atoms with E-state index in [-0.39, 0.29) is 17.7 Å². The van der Waals surface area contributed by atoms with E-state index in [4.69, 9.17) is 9.47 Å². The predicted octanol–water partition coefficient (Wildman–Crippen LogP) is 3.59. The lowest BCUT2D eigenvalue weighted by molar-refractivity contribution is -0.204. The van der Waals surface area contributed by atoms with Gasteiger partial charge < -0.3 is 18.6 Å². The molecule has 0 radical (unpaired) electrons. The minimum Gasteiger partial charge on any atom is -0.376 e. The molecular formula is C21H28F3NO5S. The summed E-state index contributed by atoms with van der Waals surface area (Å²) in [7, 11) is -3.65. The lowest BCUT2D eigenvalue weighted by Gasteiger charge is -2.55. The minimum absolute atomic E-state index is 0.220. The lowest BCUT2D eigenvalue weighted by atomic mass is 9.55. The van der Waals surface area contributed by atoms with E-state index in [1.54, 1.807) is 6.07 Å². The number of likely N-dealkylation sites (N-methyl/N-ethyl adjacent to an activating group) is 1. The summed E-state index contributed by atoms with van der Waals surface area (Å²) in [5, 5.41) is 0. The number of nitrogens with zero attached hydrogens (tertiary/aromatic N) is 1.